The van der Waals surface area contributed by atoms with Crippen molar-refractivity contribution < 1.29 is 14.2 Å². The van der Waals surface area contributed by atoms with Crippen LogP contribution in [0.5, 0.6) is 0 Å². The maximum absolute atomic E-state index is 6.24. The zero-order valence-corrected chi connectivity index (χ0v) is 27.6. The molecule has 0 saturated carbocycles. The lowest BCUT2D eigenvalue weighted by Gasteiger charge is -2.20. The normalized spacial score (nSPS) is 12.1. The van der Waals surface area contributed by atoms with Gasteiger partial charge in [0.05, 0.1) is 12.4 Å². The average Bonchev–Trinajstić information content (AvgIpc) is 2.93. The molecule has 0 aromatic carbocycles. The van der Waals surface area contributed by atoms with Gasteiger partial charge in [0.1, 0.15) is 0 Å². The van der Waals surface area contributed by atoms with Crippen LogP contribution in [0.3, 0.4) is 0 Å². The summed E-state index contributed by atoms with van der Waals surface area (Å²) in [6.07, 6.45) is 32.9. The molecule has 0 aliphatic heterocycles. The average molecular weight is 604 g/mol. The predicted octanol–water partition coefficient (Wildman–Crippen LogP) is 12.1. The standard InChI is InChI=1S/C34H67BrO3/c1-4-7-9-11-13-15-17-20-25-31-37-34(38-32-26-21-18-16-14-12-10-8-5-2)28-27-33(6-3)36-30-24-22-19-23-29-35/h6,34H,4-5,7-32H2,1-3H3/b33-6+. The summed E-state index contributed by atoms with van der Waals surface area (Å²) >= 11 is 3.51. The molecule has 3 nitrogen and oxygen atoms in total. The Balaban J connectivity index is 4.16. The highest BCUT2D eigenvalue weighted by Gasteiger charge is 2.11. The fraction of sp³-hybridized carbons (Fsp3) is 0.941. The fourth-order valence-corrected chi connectivity index (χ4v) is 5.18. The highest BCUT2D eigenvalue weighted by Crippen LogP contribution is 2.16. The van der Waals surface area contributed by atoms with Gasteiger partial charge >= 0.3 is 0 Å². The maximum Gasteiger partial charge on any atom is 0.157 e. The van der Waals surface area contributed by atoms with E-state index in [1.165, 1.54) is 122 Å². The lowest BCUT2D eigenvalue weighted by molar-refractivity contribution is -0.147. The third-order valence-electron chi connectivity index (χ3n) is 7.37. The van der Waals surface area contributed by atoms with E-state index in [0.29, 0.717) is 0 Å². The third-order valence-corrected chi connectivity index (χ3v) is 7.93. The Hall–Kier alpha value is -0.0600. The number of halogens is 1. The number of unbranched alkanes of at least 4 members (excludes halogenated alkanes) is 19. The van der Waals surface area contributed by atoms with E-state index >= 15 is 0 Å². The Kier molecular flexibility index (Phi) is 33.1. The minimum Gasteiger partial charge on any atom is -0.498 e. The van der Waals surface area contributed by atoms with Gasteiger partial charge in [0.25, 0.3) is 0 Å². The quantitative estimate of drug-likeness (QED) is 0.0331. The van der Waals surface area contributed by atoms with Crippen molar-refractivity contribution in [2.24, 2.45) is 0 Å². The Morgan fingerprint density at radius 2 is 0.947 bits per heavy atom. The SMILES string of the molecule is C/C=C(\CCC(OCCCCCCCCCCC)OCCCCCCCCCCC)OCCCCCCBr. The summed E-state index contributed by atoms with van der Waals surface area (Å²) in [4.78, 5) is 0. The molecular formula is C34H67BrO3. The first-order chi connectivity index (χ1) is 18.8. The molecule has 0 unspecified atom stereocenters. The van der Waals surface area contributed by atoms with Gasteiger partial charge in [-0.25, -0.2) is 0 Å². The molecule has 0 aliphatic carbocycles. The van der Waals surface area contributed by atoms with Gasteiger partial charge in [-0.2, -0.15) is 0 Å². The van der Waals surface area contributed by atoms with Gasteiger partial charge in [-0.05, 0) is 38.7 Å². The molecule has 0 spiro atoms. The first kappa shape index (κ1) is 37.9. The molecule has 0 rings (SSSR count). The number of alkyl halides is 1. The van der Waals surface area contributed by atoms with Crippen LogP contribution in [-0.2, 0) is 14.2 Å². The van der Waals surface area contributed by atoms with E-state index in [-0.39, 0.29) is 6.29 Å². The second kappa shape index (κ2) is 33.1. The van der Waals surface area contributed by atoms with Crippen molar-refractivity contribution in [1.29, 1.82) is 0 Å². The van der Waals surface area contributed by atoms with E-state index in [2.05, 4.69) is 42.8 Å². The molecule has 0 saturated heterocycles. The van der Waals surface area contributed by atoms with Crippen molar-refractivity contribution >= 4 is 15.9 Å². The number of ether oxygens (including phenoxy) is 3. The Labute approximate surface area is 247 Å². The maximum atomic E-state index is 6.24. The molecule has 0 fully saturated rings. The molecule has 0 aromatic heterocycles. The van der Waals surface area contributed by atoms with E-state index in [0.717, 1.165) is 63.0 Å². The van der Waals surface area contributed by atoms with Gasteiger partial charge in [-0.3, -0.25) is 0 Å². The molecule has 0 atom stereocenters. The molecule has 0 heterocycles. The lowest BCUT2D eigenvalue weighted by Crippen LogP contribution is -2.19. The number of allylic oxidation sites excluding steroid dienone is 2. The van der Waals surface area contributed by atoms with Crippen LogP contribution in [-0.4, -0.2) is 31.4 Å². The molecule has 4 heteroatoms. The topological polar surface area (TPSA) is 27.7 Å². The third kappa shape index (κ3) is 28.9. The number of rotatable bonds is 32. The lowest BCUT2D eigenvalue weighted by atomic mass is 10.1. The van der Waals surface area contributed by atoms with E-state index in [1.807, 2.05) is 0 Å². The van der Waals surface area contributed by atoms with Crippen LogP contribution in [0, 0.1) is 0 Å². The molecule has 0 radical (unpaired) electrons. The van der Waals surface area contributed by atoms with Crippen LogP contribution in [0.2, 0.25) is 0 Å². The first-order valence-corrected chi connectivity index (χ1v) is 18.0. The summed E-state index contributed by atoms with van der Waals surface area (Å²) in [5.74, 6) is 1.09. The molecule has 0 bridgehead atoms. The van der Waals surface area contributed by atoms with Crippen LogP contribution in [0.4, 0.5) is 0 Å². The van der Waals surface area contributed by atoms with E-state index in [9.17, 15) is 0 Å². The molecule has 38 heavy (non-hydrogen) atoms. The van der Waals surface area contributed by atoms with E-state index < -0.39 is 0 Å². The Bertz CT molecular complexity index is 445. The zero-order valence-electron chi connectivity index (χ0n) is 26.1. The summed E-state index contributed by atoms with van der Waals surface area (Å²) in [6.45, 7) is 9.12. The minimum atomic E-state index is -0.101. The molecule has 228 valence electrons. The monoisotopic (exact) mass is 602 g/mol. The van der Waals surface area contributed by atoms with Gasteiger partial charge < -0.3 is 14.2 Å². The number of hydrogen-bond acceptors (Lipinski definition) is 3. The van der Waals surface area contributed by atoms with Crippen LogP contribution >= 0.6 is 15.9 Å². The largest absolute Gasteiger partial charge is 0.498 e. The fourth-order valence-electron chi connectivity index (χ4n) is 4.78. The van der Waals surface area contributed by atoms with E-state index in [1.54, 1.807) is 0 Å². The highest BCUT2D eigenvalue weighted by molar-refractivity contribution is 9.09. The van der Waals surface area contributed by atoms with Gasteiger partial charge in [0.2, 0.25) is 0 Å². The highest BCUT2D eigenvalue weighted by atomic mass is 79.9. The summed E-state index contributed by atoms with van der Waals surface area (Å²) < 4.78 is 18.5. The molecule has 0 N–H and O–H groups in total. The molecular weight excluding hydrogens is 536 g/mol. The first-order valence-electron chi connectivity index (χ1n) is 16.9. The van der Waals surface area contributed by atoms with Crippen LogP contribution in [0.25, 0.3) is 0 Å². The predicted molar refractivity (Wildman–Crippen MR) is 171 cm³/mol. The summed E-state index contributed by atoms with van der Waals surface area (Å²) in [5.41, 5.74) is 0. The van der Waals surface area contributed by atoms with E-state index in [4.69, 9.17) is 14.2 Å². The number of hydrogen-bond donors (Lipinski definition) is 0. The van der Waals surface area contributed by atoms with Crippen LogP contribution < -0.4 is 0 Å². The van der Waals surface area contributed by atoms with Gasteiger partial charge in [-0.1, -0.05) is 145 Å². The summed E-state index contributed by atoms with van der Waals surface area (Å²) in [7, 11) is 0. The smallest absolute Gasteiger partial charge is 0.157 e. The minimum absolute atomic E-state index is 0.101. The van der Waals surface area contributed by atoms with Crippen molar-refractivity contribution in [3.8, 4) is 0 Å². The second-order valence-corrected chi connectivity index (χ2v) is 11.9. The van der Waals surface area contributed by atoms with Gasteiger partial charge in [0, 0.05) is 31.4 Å². The molecule has 0 aliphatic rings. The van der Waals surface area contributed by atoms with Crippen molar-refractivity contribution in [1.82, 2.24) is 0 Å². The summed E-state index contributed by atoms with van der Waals surface area (Å²) in [6, 6.07) is 0. The van der Waals surface area contributed by atoms with Crippen LogP contribution in [0.1, 0.15) is 175 Å². The zero-order chi connectivity index (χ0) is 27.8. The molecule has 0 aromatic rings. The Morgan fingerprint density at radius 1 is 0.553 bits per heavy atom. The van der Waals surface area contributed by atoms with Gasteiger partial charge in [-0.15, -0.1) is 0 Å². The van der Waals surface area contributed by atoms with Gasteiger partial charge in [0.15, 0.2) is 6.29 Å². The second-order valence-electron chi connectivity index (χ2n) is 11.1. The Morgan fingerprint density at radius 3 is 1.37 bits per heavy atom. The molecule has 0 amide bonds. The van der Waals surface area contributed by atoms with Crippen molar-refractivity contribution in [3.05, 3.63) is 11.8 Å². The van der Waals surface area contributed by atoms with Crippen LogP contribution in [0.15, 0.2) is 11.8 Å². The van der Waals surface area contributed by atoms with Crippen molar-refractivity contribution in [3.63, 3.8) is 0 Å². The summed E-state index contributed by atoms with van der Waals surface area (Å²) in [5, 5.41) is 1.10. The van der Waals surface area contributed by atoms with Crippen molar-refractivity contribution in [2.75, 3.05) is 25.2 Å². The van der Waals surface area contributed by atoms with Crippen molar-refractivity contribution in [2.45, 2.75) is 181 Å².